The van der Waals surface area contributed by atoms with E-state index in [2.05, 4.69) is 15.1 Å². The van der Waals surface area contributed by atoms with Gasteiger partial charge in [-0.1, -0.05) is 11.6 Å². The van der Waals surface area contributed by atoms with Gasteiger partial charge in [-0.05, 0) is 56.0 Å². The molecular weight excluding hydrogens is 464 g/mol. The van der Waals surface area contributed by atoms with Crippen molar-refractivity contribution in [2.24, 2.45) is 5.92 Å². The van der Waals surface area contributed by atoms with Crippen LogP contribution in [0.15, 0.2) is 47.8 Å². The molecule has 0 aliphatic heterocycles. The van der Waals surface area contributed by atoms with Crippen LogP contribution >= 0.6 is 11.6 Å². The molecule has 0 spiro atoms. The predicted octanol–water partition coefficient (Wildman–Crippen LogP) is 3.20. The number of carbonyl (C=O) groups excluding carboxylic acids is 1. The number of pyridine rings is 1. The fraction of sp³-hybridized carbons (Fsp3) is 0.318. The van der Waals surface area contributed by atoms with Crippen LogP contribution in [0.2, 0.25) is 5.02 Å². The standard InChI is InChI=1S/C22H21ClN6O3S/c1-14(21-26-13-27-29(21)20-6-5-16(10-24)11-25-20)28(12-15-3-4-15)22(30)17-7-18(23)9-19(8-17)33(2,31)32/h5-9,11,13-15H,3-4,12H2,1-2H3/t14-/m1/s1. The van der Waals surface area contributed by atoms with Crippen molar-refractivity contribution in [2.45, 2.75) is 30.7 Å². The largest absolute Gasteiger partial charge is 0.328 e. The average Bonchev–Trinajstić information content (AvgIpc) is 3.48. The minimum Gasteiger partial charge on any atom is -0.328 e. The third-order valence-corrected chi connectivity index (χ3v) is 6.78. The normalized spacial score (nSPS) is 14.5. The van der Waals surface area contributed by atoms with Gasteiger partial charge in [-0.15, -0.1) is 0 Å². The van der Waals surface area contributed by atoms with E-state index in [1.807, 2.05) is 13.0 Å². The van der Waals surface area contributed by atoms with E-state index in [0.29, 0.717) is 29.7 Å². The van der Waals surface area contributed by atoms with Crippen molar-refractivity contribution in [2.75, 3.05) is 12.8 Å². The van der Waals surface area contributed by atoms with E-state index in [1.54, 1.807) is 17.0 Å². The summed E-state index contributed by atoms with van der Waals surface area (Å²) < 4.78 is 25.6. The molecule has 2 heterocycles. The van der Waals surface area contributed by atoms with Crippen LogP contribution in [0.4, 0.5) is 0 Å². The van der Waals surface area contributed by atoms with Gasteiger partial charge < -0.3 is 4.90 Å². The van der Waals surface area contributed by atoms with Crippen LogP contribution < -0.4 is 0 Å². The molecule has 33 heavy (non-hydrogen) atoms. The molecule has 0 saturated heterocycles. The summed E-state index contributed by atoms with van der Waals surface area (Å²) >= 11 is 6.14. The number of carbonyl (C=O) groups is 1. The third-order valence-electron chi connectivity index (χ3n) is 5.47. The Morgan fingerprint density at radius 2 is 2.06 bits per heavy atom. The number of nitriles is 1. The Morgan fingerprint density at radius 1 is 1.30 bits per heavy atom. The fourth-order valence-corrected chi connectivity index (χ4v) is 4.47. The lowest BCUT2D eigenvalue weighted by molar-refractivity contribution is 0.0670. The lowest BCUT2D eigenvalue weighted by atomic mass is 10.1. The smallest absolute Gasteiger partial charge is 0.254 e. The van der Waals surface area contributed by atoms with Crippen LogP contribution in [-0.2, 0) is 9.84 Å². The van der Waals surface area contributed by atoms with Gasteiger partial charge in [0.15, 0.2) is 21.5 Å². The number of amides is 1. The zero-order chi connectivity index (χ0) is 23.8. The molecule has 2 aromatic heterocycles. The van der Waals surface area contributed by atoms with Crippen molar-refractivity contribution >= 4 is 27.3 Å². The Morgan fingerprint density at radius 3 is 2.67 bits per heavy atom. The van der Waals surface area contributed by atoms with E-state index in [0.717, 1.165) is 19.1 Å². The van der Waals surface area contributed by atoms with Gasteiger partial charge in [0.2, 0.25) is 0 Å². The highest BCUT2D eigenvalue weighted by Crippen LogP contribution is 2.34. The Labute approximate surface area is 196 Å². The first-order valence-electron chi connectivity index (χ1n) is 10.3. The number of hydrogen-bond donors (Lipinski definition) is 0. The second-order valence-corrected chi connectivity index (χ2v) is 10.5. The summed E-state index contributed by atoms with van der Waals surface area (Å²) in [6.45, 7) is 2.33. The molecule has 1 amide bonds. The minimum absolute atomic E-state index is 0.0117. The third kappa shape index (κ3) is 5.05. The summed E-state index contributed by atoms with van der Waals surface area (Å²) in [6, 6.07) is 8.97. The van der Waals surface area contributed by atoms with E-state index < -0.39 is 15.9 Å². The van der Waals surface area contributed by atoms with Crippen molar-refractivity contribution in [1.29, 1.82) is 5.26 Å². The maximum atomic E-state index is 13.6. The first-order chi connectivity index (χ1) is 15.7. The zero-order valence-electron chi connectivity index (χ0n) is 18.0. The van der Waals surface area contributed by atoms with E-state index >= 15 is 0 Å². The van der Waals surface area contributed by atoms with Gasteiger partial charge in [-0.2, -0.15) is 15.0 Å². The first-order valence-corrected chi connectivity index (χ1v) is 12.5. The predicted molar refractivity (Wildman–Crippen MR) is 121 cm³/mol. The first kappa shape index (κ1) is 22.9. The molecule has 170 valence electrons. The topological polar surface area (TPSA) is 122 Å². The monoisotopic (exact) mass is 484 g/mol. The molecule has 0 bridgehead atoms. The van der Waals surface area contributed by atoms with Crippen molar-refractivity contribution in [3.8, 4) is 11.9 Å². The number of nitrogens with zero attached hydrogens (tertiary/aromatic N) is 6. The van der Waals surface area contributed by atoms with Gasteiger partial charge in [-0.25, -0.2) is 18.4 Å². The summed E-state index contributed by atoms with van der Waals surface area (Å²) in [4.78, 5) is 23.9. The fourth-order valence-electron chi connectivity index (χ4n) is 3.49. The van der Waals surface area contributed by atoms with Gasteiger partial charge in [0.25, 0.3) is 5.91 Å². The molecule has 11 heteroatoms. The molecule has 4 rings (SSSR count). The summed E-state index contributed by atoms with van der Waals surface area (Å²) in [5.41, 5.74) is 0.611. The van der Waals surface area contributed by atoms with Crippen LogP contribution in [0.5, 0.6) is 0 Å². The molecule has 3 aromatic rings. The Hall–Kier alpha value is -3.29. The van der Waals surface area contributed by atoms with Gasteiger partial charge in [0.05, 0.1) is 16.5 Å². The molecule has 1 aliphatic carbocycles. The highest BCUT2D eigenvalue weighted by molar-refractivity contribution is 7.90. The second kappa shape index (κ2) is 8.92. The van der Waals surface area contributed by atoms with Gasteiger partial charge in [-0.3, -0.25) is 4.79 Å². The van der Waals surface area contributed by atoms with E-state index in [-0.39, 0.29) is 21.4 Å². The van der Waals surface area contributed by atoms with Crippen molar-refractivity contribution in [1.82, 2.24) is 24.6 Å². The summed E-state index contributed by atoms with van der Waals surface area (Å²) in [5.74, 6) is 0.986. The number of hydrogen-bond acceptors (Lipinski definition) is 7. The Kier molecular flexibility index (Phi) is 6.19. The van der Waals surface area contributed by atoms with Gasteiger partial charge in [0, 0.05) is 29.6 Å². The molecule has 9 nitrogen and oxygen atoms in total. The highest BCUT2D eigenvalue weighted by Gasteiger charge is 2.33. The number of benzene rings is 1. The van der Waals surface area contributed by atoms with E-state index in [1.165, 1.54) is 35.4 Å². The molecule has 1 saturated carbocycles. The number of aromatic nitrogens is 4. The molecule has 1 fully saturated rings. The number of rotatable bonds is 7. The lowest BCUT2D eigenvalue weighted by Crippen LogP contribution is -2.36. The molecule has 1 aliphatic rings. The lowest BCUT2D eigenvalue weighted by Gasteiger charge is -2.29. The van der Waals surface area contributed by atoms with Gasteiger partial charge in [0.1, 0.15) is 12.4 Å². The van der Waals surface area contributed by atoms with Crippen LogP contribution in [0.1, 0.15) is 47.6 Å². The van der Waals surface area contributed by atoms with Crippen LogP contribution in [0.25, 0.3) is 5.82 Å². The van der Waals surface area contributed by atoms with E-state index in [9.17, 15) is 13.2 Å². The molecule has 1 aromatic carbocycles. The van der Waals surface area contributed by atoms with Crippen LogP contribution in [0, 0.1) is 17.2 Å². The van der Waals surface area contributed by atoms with Crippen molar-refractivity contribution in [3.63, 3.8) is 0 Å². The average molecular weight is 485 g/mol. The molecular formula is C22H21ClN6O3S. The summed E-state index contributed by atoms with van der Waals surface area (Å²) in [6.07, 6.45) is 5.93. The maximum Gasteiger partial charge on any atom is 0.254 e. The van der Waals surface area contributed by atoms with Gasteiger partial charge >= 0.3 is 0 Å². The SMILES string of the molecule is C[C@H](c1ncnn1-c1ccc(C#N)cn1)N(CC1CC1)C(=O)c1cc(Cl)cc(S(C)(=O)=O)c1. The zero-order valence-corrected chi connectivity index (χ0v) is 19.6. The number of halogens is 1. The highest BCUT2D eigenvalue weighted by atomic mass is 35.5. The molecule has 0 unspecified atom stereocenters. The Bertz CT molecular complexity index is 1340. The maximum absolute atomic E-state index is 13.6. The molecule has 0 radical (unpaired) electrons. The van der Waals surface area contributed by atoms with Crippen molar-refractivity contribution < 1.29 is 13.2 Å². The second-order valence-electron chi connectivity index (χ2n) is 8.07. The number of sulfone groups is 1. The summed E-state index contributed by atoms with van der Waals surface area (Å²) in [5, 5.41) is 13.4. The van der Waals surface area contributed by atoms with Crippen LogP contribution in [-0.4, -0.2) is 51.8 Å². The quantitative estimate of drug-likeness (QED) is 0.504. The minimum atomic E-state index is -3.54. The van der Waals surface area contributed by atoms with Crippen molar-refractivity contribution in [3.05, 3.63) is 64.8 Å². The summed E-state index contributed by atoms with van der Waals surface area (Å²) in [7, 11) is -3.54. The van der Waals surface area contributed by atoms with E-state index in [4.69, 9.17) is 16.9 Å². The van der Waals surface area contributed by atoms with Crippen LogP contribution in [0.3, 0.4) is 0 Å². The molecule has 0 N–H and O–H groups in total. The molecule has 1 atom stereocenters. The Balaban J connectivity index is 1.71.